The molecule has 1 aromatic heterocycles. The maximum atomic E-state index is 5.89. The van der Waals surface area contributed by atoms with Gasteiger partial charge < -0.3 is 9.47 Å². The molecule has 0 N–H and O–H groups in total. The summed E-state index contributed by atoms with van der Waals surface area (Å²) in [5.41, 5.74) is 1.07. The van der Waals surface area contributed by atoms with Crippen molar-refractivity contribution >= 4 is 38.9 Å². The van der Waals surface area contributed by atoms with Crippen molar-refractivity contribution in [3.63, 3.8) is 0 Å². The van der Waals surface area contributed by atoms with Crippen molar-refractivity contribution in [2.45, 2.75) is 11.9 Å². The van der Waals surface area contributed by atoms with Crippen molar-refractivity contribution < 1.29 is 9.47 Å². The Hall–Kier alpha value is -0.710. The predicted molar refractivity (Wildman–Crippen MR) is 79.3 cm³/mol. The van der Waals surface area contributed by atoms with Crippen LogP contribution < -0.4 is 9.47 Å². The number of methoxy groups -OCH3 is 1. The quantitative estimate of drug-likeness (QED) is 0.717. The van der Waals surface area contributed by atoms with Gasteiger partial charge >= 0.3 is 0 Å². The van der Waals surface area contributed by atoms with Crippen molar-refractivity contribution in [2.24, 2.45) is 0 Å². The van der Waals surface area contributed by atoms with Gasteiger partial charge in [0, 0.05) is 15.8 Å². The lowest BCUT2D eigenvalue weighted by Crippen LogP contribution is -1.99. The zero-order chi connectivity index (χ0) is 13.0. The van der Waals surface area contributed by atoms with Crippen LogP contribution in [0.2, 0.25) is 4.34 Å². The van der Waals surface area contributed by atoms with Gasteiger partial charge in [-0.3, -0.25) is 0 Å². The smallest absolute Gasteiger partial charge is 0.165 e. The van der Waals surface area contributed by atoms with Gasteiger partial charge in [0.05, 0.1) is 11.4 Å². The van der Waals surface area contributed by atoms with Gasteiger partial charge in [-0.1, -0.05) is 39.7 Å². The average Bonchev–Trinajstić information content (AvgIpc) is 2.81. The molecular formula is C13H12BrClO2S. The molecule has 0 atom stereocenters. The molecule has 0 saturated carbocycles. The van der Waals surface area contributed by atoms with Gasteiger partial charge in [-0.2, -0.15) is 0 Å². The number of halogens is 2. The van der Waals surface area contributed by atoms with Crippen LogP contribution in [0.4, 0.5) is 0 Å². The zero-order valence-electron chi connectivity index (χ0n) is 9.78. The summed E-state index contributed by atoms with van der Waals surface area (Å²) < 4.78 is 11.9. The molecule has 0 amide bonds. The lowest BCUT2D eigenvalue weighted by Gasteiger charge is -2.13. The largest absolute Gasteiger partial charge is 0.493 e. The number of benzene rings is 1. The number of para-hydroxylation sites is 1. The van der Waals surface area contributed by atoms with Gasteiger partial charge in [0.2, 0.25) is 0 Å². The maximum absolute atomic E-state index is 5.89. The lowest BCUT2D eigenvalue weighted by atomic mass is 10.2. The van der Waals surface area contributed by atoms with Crippen LogP contribution in [0.5, 0.6) is 11.5 Å². The Labute approximate surface area is 124 Å². The molecule has 2 rings (SSSR count). The van der Waals surface area contributed by atoms with Gasteiger partial charge in [-0.05, 0) is 18.2 Å². The number of hydrogen-bond donors (Lipinski definition) is 0. The highest BCUT2D eigenvalue weighted by atomic mass is 79.9. The third-order valence-corrected chi connectivity index (χ3v) is 4.22. The monoisotopic (exact) mass is 346 g/mol. The lowest BCUT2D eigenvalue weighted by molar-refractivity contribution is 0.285. The van der Waals surface area contributed by atoms with Crippen molar-refractivity contribution in [3.8, 4) is 11.5 Å². The summed E-state index contributed by atoms with van der Waals surface area (Å²) >= 11 is 10.9. The van der Waals surface area contributed by atoms with Gasteiger partial charge in [0.25, 0.3) is 0 Å². The van der Waals surface area contributed by atoms with Crippen molar-refractivity contribution in [2.75, 3.05) is 7.11 Å². The summed E-state index contributed by atoms with van der Waals surface area (Å²) in [6.45, 7) is 0.498. The number of alkyl halides is 1. The highest BCUT2D eigenvalue weighted by molar-refractivity contribution is 9.08. The standard InChI is InChI=1S/C13H12BrClO2S/c1-16-11-4-2-3-9(7-14)13(11)17-8-10-5-6-12(15)18-10/h2-6H,7-8H2,1H3. The molecule has 18 heavy (non-hydrogen) atoms. The minimum absolute atomic E-state index is 0.498. The molecule has 0 aliphatic heterocycles. The first kappa shape index (κ1) is 13.7. The summed E-state index contributed by atoms with van der Waals surface area (Å²) in [5, 5.41) is 0.727. The van der Waals surface area contributed by atoms with E-state index in [4.69, 9.17) is 21.1 Å². The van der Waals surface area contributed by atoms with Gasteiger partial charge in [0.15, 0.2) is 11.5 Å². The van der Waals surface area contributed by atoms with E-state index in [1.165, 1.54) is 11.3 Å². The Kier molecular flexibility index (Phi) is 4.92. The van der Waals surface area contributed by atoms with Crippen molar-refractivity contribution in [1.82, 2.24) is 0 Å². The molecule has 0 radical (unpaired) electrons. The molecule has 0 unspecified atom stereocenters. The first-order valence-corrected chi connectivity index (χ1v) is 7.65. The topological polar surface area (TPSA) is 18.5 Å². The first-order valence-electron chi connectivity index (χ1n) is 5.33. The fraction of sp³-hybridized carbons (Fsp3) is 0.231. The van der Waals surface area contributed by atoms with E-state index in [2.05, 4.69) is 15.9 Å². The van der Waals surface area contributed by atoms with Gasteiger partial charge in [0.1, 0.15) is 6.61 Å². The zero-order valence-corrected chi connectivity index (χ0v) is 12.9. The van der Waals surface area contributed by atoms with Crippen LogP contribution >= 0.6 is 38.9 Å². The molecular weight excluding hydrogens is 336 g/mol. The molecule has 0 saturated heterocycles. The van der Waals surface area contributed by atoms with Crippen LogP contribution in [0.15, 0.2) is 30.3 Å². The Morgan fingerprint density at radius 1 is 1.28 bits per heavy atom. The van der Waals surface area contributed by atoms with Crippen molar-refractivity contribution in [3.05, 3.63) is 45.1 Å². The van der Waals surface area contributed by atoms with E-state index in [0.717, 1.165) is 31.6 Å². The van der Waals surface area contributed by atoms with E-state index < -0.39 is 0 Å². The highest BCUT2D eigenvalue weighted by Crippen LogP contribution is 2.33. The second-order valence-electron chi connectivity index (χ2n) is 3.58. The predicted octanol–water partition coefficient (Wildman–Crippen LogP) is 4.88. The third kappa shape index (κ3) is 3.19. The summed E-state index contributed by atoms with van der Waals surface area (Å²) in [6.07, 6.45) is 0. The van der Waals surface area contributed by atoms with Gasteiger partial charge in [-0.25, -0.2) is 0 Å². The summed E-state index contributed by atoms with van der Waals surface area (Å²) in [5.74, 6) is 1.52. The minimum Gasteiger partial charge on any atom is -0.493 e. The van der Waals surface area contributed by atoms with Gasteiger partial charge in [-0.15, -0.1) is 11.3 Å². The molecule has 2 nitrogen and oxygen atoms in total. The Bertz CT molecular complexity index is 505. The van der Waals surface area contributed by atoms with E-state index in [9.17, 15) is 0 Å². The van der Waals surface area contributed by atoms with Crippen LogP contribution in [0.1, 0.15) is 10.4 Å². The maximum Gasteiger partial charge on any atom is 0.165 e. The molecule has 2 aromatic rings. The summed E-state index contributed by atoms with van der Waals surface area (Å²) in [4.78, 5) is 1.09. The summed E-state index contributed by atoms with van der Waals surface area (Å²) in [6, 6.07) is 9.69. The Balaban J connectivity index is 2.17. The number of thiophene rings is 1. The second-order valence-corrected chi connectivity index (χ2v) is 5.94. The number of rotatable bonds is 5. The number of ether oxygens (including phenoxy) is 2. The molecule has 1 aromatic carbocycles. The van der Waals surface area contributed by atoms with Crippen LogP contribution in [0.25, 0.3) is 0 Å². The normalized spacial score (nSPS) is 10.4. The number of hydrogen-bond acceptors (Lipinski definition) is 3. The highest BCUT2D eigenvalue weighted by Gasteiger charge is 2.10. The molecule has 0 fully saturated rings. The minimum atomic E-state index is 0.498. The first-order chi connectivity index (χ1) is 8.74. The van der Waals surface area contributed by atoms with Crippen LogP contribution in [-0.2, 0) is 11.9 Å². The Morgan fingerprint density at radius 3 is 2.72 bits per heavy atom. The third-order valence-electron chi connectivity index (χ3n) is 2.41. The molecule has 1 heterocycles. The molecule has 96 valence electrons. The SMILES string of the molecule is COc1cccc(CBr)c1OCc1ccc(Cl)s1. The molecule has 0 spiro atoms. The molecule has 5 heteroatoms. The van der Waals surface area contributed by atoms with Crippen LogP contribution in [0, 0.1) is 0 Å². The van der Waals surface area contributed by atoms with Crippen LogP contribution in [-0.4, -0.2) is 7.11 Å². The fourth-order valence-corrected chi connectivity index (χ4v) is 3.01. The van der Waals surface area contributed by atoms with E-state index in [1.54, 1.807) is 7.11 Å². The molecule has 0 bridgehead atoms. The summed E-state index contributed by atoms with van der Waals surface area (Å²) in [7, 11) is 1.64. The van der Waals surface area contributed by atoms with E-state index in [-0.39, 0.29) is 0 Å². The molecule has 0 aliphatic carbocycles. The fourth-order valence-electron chi connectivity index (χ4n) is 1.56. The van der Waals surface area contributed by atoms with E-state index in [1.807, 2.05) is 30.3 Å². The van der Waals surface area contributed by atoms with Crippen LogP contribution in [0.3, 0.4) is 0 Å². The average molecular weight is 348 g/mol. The molecule has 0 aliphatic rings. The van der Waals surface area contributed by atoms with E-state index >= 15 is 0 Å². The second kappa shape index (κ2) is 6.45. The Morgan fingerprint density at radius 2 is 2.11 bits per heavy atom. The van der Waals surface area contributed by atoms with Crippen molar-refractivity contribution in [1.29, 1.82) is 0 Å². The van der Waals surface area contributed by atoms with E-state index in [0.29, 0.717) is 6.61 Å².